The van der Waals surface area contributed by atoms with Crippen molar-refractivity contribution in [2.24, 2.45) is 0 Å². The number of benzene rings is 1. The predicted octanol–water partition coefficient (Wildman–Crippen LogP) is 1.78. The summed E-state index contributed by atoms with van der Waals surface area (Å²) in [6.07, 6.45) is 1.27. The van der Waals surface area contributed by atoms with Gasteiger partial charge in [0.05, 0.1) is 5.69 Å². The number of rotatable bonds is 2. The summed E-state index contributed by atoms with van der Waals surface area (Å²) in [6, 6.07) is 4.60. The standard InChI is InChI=1S/C13H11FN2O3/c1-7-4-12(18)9(6-15-7)13(19)16-11-3-2-8(17)5-10(11)14/h2-6,17H,1H3,(H,15,18)(H,16,19). The fraction of sp³-hybridized carbons (Fsp3) is 0.0769. The van der Waals surface area contributed by atoms with Crippen molar-refractivity contribution in [3.63, 3.8) is 0 Å². The summed E-state index contributed by atoms with van der Waals surface area (Å²) in [5.41, 5.74) is -0.0499. The number of phenolic OH excluding ortho intramolecular Hbond substituents is 1. The van der Waals surface area contributed by atoms with E-state index in [-0.39, 0.29) is 17.0 Å². The number of aromatic hydroxyl groups is 1. The molecule has 0 fully saturated rings. The number of anilines is 1. The number of aromatic amines is 1. The molecule has 1 heterocycles. The lowest BCUT2D eigenvalue weighted by Crippen LogP contribution is -2.22. The molecule has 0 spiro atoms. The smallest absolute Gasteiger partial charge is 0.261 e. The van der Waals surface area contributed by atoms with E-state index in [1.807, 2.05) is 0 Å². The fourth-order valence-electron chi connectivity index (χ4n) is 1.55. The molecule has 1 aromatic carbocycles. The topological polar surface area (TPSA) is 82.2 Å². The van der Waals surface area contributed by atoms with E-state index in [1.54, 1.807) is 6.92 Å². The van der Waals surface area contributed by atoms with Gasteiger partial charge < -0.3 is 15.4 Å². The summed E-state index contributed by atoms with van der Waals surface area (Å²) >= 11 is 0. The van der Waals surface area contributed by atoms with Gasteiger partial charge in [0.15, 0.2) is 5.43 Å². The van der Waals surface area contributed by atoms with Crippen LogP contribution in [0.5, 0.6) is 5.75 Å². The van der Waals surface area contributed by atoms with Crippen LogP contribution in [-0.2, 0) is 0 Å². The molecule has 0 unspecified atom stereocenters. The van der Waals surface area contributed by atoms with Crippen molar-refractivity contribution in [2.75, 3.05) is 5.32 Å². The number of nitrogens with one attached hydrogen (secondary N) is 2. The maximum Gasteiger partial charge on any atom is 0.261 e. The van der Waals surface area contributed by atoms with E-state index in [2.05, 4.69) is 10.3 Å². The Bertz CT molecular complexity index is 695. The van der Waals surface area contributed by atoms with Gasteiger partial charge in [-0.2, -0.15) is 0 Å². The zero-order valence-corrected chi connectivity index (χ0v) is 10.0. The first-order valence-electron chi connectivity index (χ1n) is 5.46. The highest BCUT2D eigenvalue weighted by molar-refractivity contribution is 6.04. The van der Waals surface area contributed by atoms with Crippen LogP contribution >= 0.6 is 0 Å². The van der Waals surface area contributed by atoms with Crippen molar-refractivity contribution in [2.45, 2.75) is 6.92 Å². The van der Waals surface area contributed by atoms with Crippen molar-refractivity contribution in [3.8, 4) is 5.75 Å². The zero-order valence-electron chi connectivity index (χ0n) is 10.0. The molecule has 0 aliphatic rings. The van der Waals surface area contributed by atoms with Crippen LogP contribution in [0.2, 0.25) is 0 Å². The van der Waals surface area contributed by atoms with Crippen LogP contribution in [0.1, 0.15) is 16.1 Å². The Labute approximate surface area is 107 Å². The van der Waals surface area contributed by atoms with E-state index in [0.717, 1.165) is 6.07 Å². The highest BCUT2D eigenvalue weighted by Crippen LogP contribution is 2.19. The van der Waals surface area contributed by atoms with Crippen molar-refractivity contribution < 1.29 is 14.3 Å². The number of hydrogen-bond acceptors (Lipinski definition) is 3. The molecule has 1 aromatic heterocycles. The number of carbonyl (C=O) groups is 1. The van der Waals surface area contributed by atoms with Gasteiger partial charge in [0.2, 0.25) is 0 Å². The largest absolute Gasteiger partial charge is 0.508 e. The molecule has 0 radical (unpaired) electrons. The second kappa shape index (κ2) is 4.93. The maximum atomic E-state index is 13.4. The van der Waals surface area contributed by atoms with Gasteiger partial charge >= 0.3 is 0 Å². The minimum Gasteiger partial charge on any atom is -0.508 e. The van der Waals surface area contributed by atoms with Gasteiger partial charge in [0, 0.05) is 24.0 Å². The Hall–Kier alpha value is -2.63. The summed E-state index contributed by atoms with van der Waals surface area (Å²) < 4.78 is 13.4. The maximum absolute atomic E-state index is 13.4. The van der Waals surface area contributed by atoms with E-state index >= 15 is 0 Å². The van der Waals surface area contributed by atoms with Crippen LogP contribution in [0.3, 0.4) is 0 Å². The Kier molecular flexibility index (Phi) is 3.33. The Morgan fingerprint density at radius 1 is 1.37 bits per heavy atom. The molecule has 0 aliphatic heterocycles. The highest BCUT2D eigenvalue weighted by atomic mass is 19.1. The lowest BCUT2D eigenvalue weighted by atomic mass is 10.2. The summed E-state index contributed by atoms with van der Waals surface area (Å²) in [7, 11) is 0. The Balaban J connectivity index is 2.28. The molecule has 0 bridgehead atoms. The first kappa shape index (κ1) is 12.8. The molecule has 3 N–H and O–H groups in total. The first-order chi connectivity index (χ1) is 8.97. The Morgan fingerprint density at radius 2 is 2.11 bits per heavy atom. The molecule has 6 heteroatoms. The first-order valence-corrected chi connectivity index (χ1v) is 5.46. The predicted molar refractivity (Wildman–Crippen MR) is 67.8 cm³/mol. The molecule has 1 amide bonds. The number of aromatic nitrogens is 1. The quantitative estimate of drug-likeness (QED) is 0.721. The summed E-state index contributed by atoms with van der Waals surface area (Å²) in [6.45, 7) is 1.68. The number of amides is 1. The highest BCUT2D eigenvalue weighted by Gasteiger charge is 2.13. The Morgan fingerprint density at radius 3 is 2.74 bits per heavy atom. The van der Waals surface area contributed by atoms with Crippen molar-refractivity contribution >= 4 is 11.6 Å². The van der Waals surface area contributed by atoms with Crippen LogP contribution < -0.4 is 10.7 Å². The number of H-pyrrole nitrogens is 1. The normalized spacial score (nSPS) is 10.2. The molecule has 2 aromatic rings. The lowest BCUT2D eigenvalue weighted by Gasteiger charge is -2.06. The van der Waals surface area contributed by atoms with Gasteiger partial charge in [-0.25, -0.2) is 4.39 Å². The fourth-order valence-corrected chi connectivity index (χ4v) is 1.55. The van der Waals surface area contributed by atoms with E-state index < -0.39 is 17.2 Å². The zero-order chi connectivity index (χ0) is 14.0. The van der Waals surface area contributed by atoms with Crippen molar-refractivity contribution in [1.29, 1.82) is 0 Å². The molecule has 0 saturated heterocycles. The summed E-state index contributed by atoms with van der Waals surface area (Å²) in [4.78, 5) is 26.2. The number of hydrogen-bond donors (Lipinski definition) is 3. The lowest BCUT2D eigenvalue weighted by molar-refractivity contribution is 0.102. The molecule has 5 nitrogen and oxygen atoms in total. The number of carbonyl (C=O) groups excluding carboxylic acids is 1. The molecular weight excluding hydrogens is 251 g/mol. The van der Waals surface area contributed by atoms with Gasteiger partial charge in [-0.1, -0.05) is 0 Å². The van der Waals surface area contributed by atoms with Gasteiger partial charge in [-0.05, 0) is 19.1 Å². The van der Waals surface area contributed by atoms with Gasteiger partial charge in [0.1, 0.15) is 17.1 Å². The third-order valence-electron chi connectivity index (χ3n) is 2.50. The molecule has 0 atom stereocenters. The summed E-state index contributed by atoms with van der Waals surface area (Å²) in [5.74, 6) is -1.74. The van der Waals surface area contributed by atoms with Crippen molar-refractivity contribution in [3.05, 3.63) is 57.8 Å². The molecule has 0 aliphatic carbocycles. The monoisotopic (exact) mass is 262 g/mol. The molecular formula is C13H11FN2O3. The van der Waals surface area contributed by atoms with Gasteiger partial charge in [-0.15, -0.1) is 0 Å². The molecule has 0 saturated carbocycles. The molecule has 2 rings (SSSR count). The average Bonchev–Trinajstić information content (AvgIpc) is 2.32. The van der Waals surface area contributed by atoms with Gasteiger partial charge in [-0.3, -0.25) is 9.59 Å². The third-order valence-corrected chi connectivity index (χ3v) is 2.50. The second-order valence-electron chi connectivity index (χ2n) is 4.01. The average molecular weight is 262 g/mol. The summed E-state index contributed by atoms with van der Waals surface area (Å²) in [5, 5.41) is 11.3. The van der Waals surface area contributed by atoms with E-state index in [9.17, 15) is 14.0 Å². The number of halogens is 1. The molecule has 19 heavy (non-hydrogen) atoms. The second-order valence-corrected chi connectivity index (χ2v) is 4.01. The van der Waals surface area contributed by atoms with E-state index in [4.69, 9.17) is 5.11 Å². The SMILES string of the molecule is Cc1cc(=O)c(C(=O)Nc2ccc(O)cc2F)c[nH]1. The van der Waals surface area contributed by atoms with Crippen molar-refractivity contribution in [1.82, 2.24) is 4.98 Å². The van der Waals surface area contributed by atoms with Crippen LogP contribution in [0.15, 0.2) is 35.3 Å². The van der Waals surface area contributed by atoms with Crippen LogP contribution in [0.25, 0.3) is 0 Å². The van der Waals surface area contributed by atoms with E-state index in [1.165, 1.54) is 24.4 Å². The number of phenols is 1. The number of aryl methyl sites for hydroxylation is 1. The third kappa shape index (κ3) is 2.79. The minimum atomic E-state index is -0.781. The van der Waals surface area contributed by atoms with E-state index in [0.29, 0.717) is 5.69 Å². The minimum absolute atomic E-state index is 0.109. The molecule has 98 valence electrons. The van der Waals surface area contributed by atoms with Crippen LogP contribution in [0, 0.1) is 12.7 Å². The van der Waals surface area contributed by atoms with Crippen LogP contribution in [-0.4, -0.2) is 16.0 Å². The van der Waals surface area contributed by atoms with Crippen LogP contribution in [0.4, 0.5) is 10.1 Å². The number of pyridine rings is 1. The van der Waals surface area contributed by atoms with Gasteiger partial charge in [0.25, 0.3) is 5.91 Å².